The van der Waals surface area contributed by atoms with Crippen molar-refractivity contribution in [2.24, 2.45) is 7.05 Å². The second-order valence-electron chi connectivity index (χ2n) is 8.68. The van der Waals surface area contributed by atoms with Crippen molar-refractivity contribution in [2.75, 3.05) is 20.3 Å². The Labute approximate surface area is 206 Å². The van der Waals surface area contributed by atoms with Crippen LogP contribution in [0, 0.1) is 0 Å². The van der Waals surface area contributed by atoms with Gasteiger partial charge in [-0.05, 0) is 42.7 Å². The summed E-state index contributed by atoms with van der Waals surface area (Å²) in [7, 11) is 3.36. The lowest BCUT2D eigenvalue weighted by atomic mass is 10.1. The number of nitrogens with one attached hydrogen (secondary N) is 2. The molecule has 11 heteroatoms. The fourth-order valence-electron chi connectivity index (χ4n) is 3.73. The average molecular weight is 497 g/mol. The Balaban J connectivity index is 1.29. The number of ether oxygens (including phenoxy) is 2. The van der Waals surface area contributed by atoms with E-state index in [2.05, 4.69) is 20.6 Å². The molecule has 4 aromatic rings. The normalized spacial score (nSPS) is 14.2. The molecule has 5 rings (SSSR count). The highest BCUT2D eigenvalue weighted by atomic mass is 35.5. The molecule has 3 N–H and O–H groups in total. The smallest absolute Gasteiger partial charge is 0.258 e. The highest BCUT2D eigenvalue weighted by Crippen LogP contribution is 2.34. The van der Waals surface area contributed by atoms with Gasteiger partial charge in [0.1, 0.15) is 5.82 Å². The van der Waals surface area contributed by atoms with Gasteiger partial charge in [-0.15, -0.1) is 0 Å². The van der Waals surface area contributed by atoms with Gasteiger partial charge in [-0.1, -0.05) is 17.7 Å². The zero-order valence-corrected chi connectivity index (χ0v) is 20.1. The zero-order valence-electron chi connectivity index (χ0n) is 19.3. The van der Waals surface area contributed by atoms with Crippen LogP contribution < -0.4 is 14.8 Å². The van der Waals surface area contributed by atoms with E-state index in [9.17, 15) is 9.90 Å². The second kappa shape index (κ2) is 9.20. The molecule has 0 unspecified atom stereocenters. The maximum absolute atomic E-state index is 12.0. The number of halogens is 1. The van der Waals surface area contributed by atoms with Crippen LogP contribution in [0.25, 0.3) is 22.3 Å². The van der Waals surface area contributed by atoms with Gasteiger partial charge in [0, 0.05) is 31.0 Å². The molecule has 0 saturated heterocycles. The first-order valence-corrected chi connectivity index (χ1v) is 11.5. The fourth-order valence-corrected chi connectivity index (χ4v) is 4.01. The van der Waals surface area contributed by atoms with Gasteiger partial charge >= 0.3 is 0 Å². The summed E-state index contributed by atoms with van der Waals surface area (Å²) in [4.78, 5) is 16.7. The highest BCUT2D eigenvalue weighted by Gasteiger charge is 2.40. The zero-order chi connectivity index (χ0) is 24.6. The van der Waals surface area contributed by atoms with Gasteiger partial charge in [-0.3, -0.25) is 14.6 Å². The lowest BCUT2D eigenvalue weighted by molar-refractivity contribution is -0.123. The number of H-pyrrole nitrogens is 1. The van der Waals surface area contributed by atoms with E-state index in [1.807, 2.05) is 25.2 Å². The lowest BCUT2D eigenvalue weighted by Crippen LogP contribution is -2.36. The first-order chi connectivity index (χ1) is 16.8. The van der Waals surface area contributed by atoms with Crippen molar-refractivity contribution in [3.05, 3.63) is 52.9 Å². The molecule has 1 amide bonds. The average Bonchev–Trinajstić information content (AvgIpc) is 3.23. The third-order valence-electron chi connectivity index (χ3n) is 6.06. The maximum Gasteiger partial charge on any atom is 0.258 e. The molecule has 1 aliphatic carbocycles. The number of rotatable bonds is 9. The number of aromatic nitrogens is 5. The summed E-state index contributed by atoms with van der Waals surface area (Å²) in [6.07, 6.45) is 3.63. The van der Waals surface area contributed by atoms with Crippen molar-refractivity contribution in [1.29, 1.82) is 0 Å². The molecule has 0 atom stereocenters. The fraction of sp³-hybridized carbons (Fsp3) is 0.333. The highest BCUT2D eigenvalue weighted by molar-refractivity contribution is 6.36. The van der Waals surface area contributed by atoms with E-state index in [-0.39, 0.29) is 19.1 Å². The van der Waals surface area contributed by atoms with Crippen molar-refractivity contribution in [3.8, 4) is 22.9 Å². The van der Waals surface area contributed by atoms with Gasteiger partial charge in [0.15, 0.2) is 23.9 Å². The minimum atomic E-state index is -0.749. The molecule has 2 heterocycles. The number of aromatic amines is 1. The number of carbonyl (C=O) groups is 1. The van der Waals surface area contributed by atoms with Gasteiger partial charge in [-0.2, -0.15) is 10.2 Å². The number of aryl methyl sites for hydroxylation is 1. The van der Waals surface area contributed by atoms with E-state index in [0.29, 0.717) is 41.6 Å². The van der Waals surface area contributed by atoms with Gasteiger partial charge in [0.2, 0.25) is 0 Å². The van der Waals surface area contributed by atoms with E-state index in [0.717, 1.165) is 27.9 Å². The quantitative estimate of drug-likeness (QED) is 0.325. The van der Waals surface area contributed by atoms with Gasteiger partial charge < -0.3 is 19.9 Å². The summed E-state index contributed by atoms with van der Waals surface area (Å²) < 4.78 is 12.8. The molecule has 2 aromatic carbocycles. The molecule has 35 heavy (non-hydrogen) atoms. The first kappa shape index (κ1) is 23.1. The molecule has 0 spiro atoms. The van der Waals surface area contributed by atoms with Crippen LogP contribution in [0.5, 0.6) is 11.5 Å². The van der Waals surface area contributed by atoms with Gasteiger partial charge in [0.05, 0.1) is 29.4 Å². The number of benzene rings is 2. The predicted octanol–water partition coefficient (Wildman–Crippen LogP) is 2.63. The van der Waals surface area contributed by atoms with Crippen molar-refractivity contribution in [1.82, 2.24) is 30.3 Å². The molecule has 1 aliphatic rings. The molecular weight excluding hydrogens is 472 g/mol. The third-order valence-corrected chi connectivity index (χ3v) is 6.51. The maximum atomic E-state index is 12.0. The van der Waals surface area contributed by atoms with Crippen LogP contribution in [0.1, 0.15) is 24.2 Å². The van der Waals surface area contributed by atoms with Crippen LogP contribution in [0.2, 0.25) is 5.02 Å². The van der Waals surface area contributed by atoms with E-state index in [1.54, 1.807) is 23.0 Å². The van der Waals surface area contributed by atoms with Crippen LogP contribution >= 0.6 is 11.6 Å². The molecule has 1 fully saturated rings. The molecule has 2 aromatic heterocycles. The Hall–Kier alpha value is -3.63. The lowest BCUT2D eigenvalue weighted by Gasteiger charge is -2.13. The Kier molecular flexibility index (Phi) is 6.08. The number of nitrogens with zero attached hydrogens (tertiary/aromatic N) is 4. The number of methoxy groups -OCH3 is 1. The second-order valence-corrected chi connectivity index (χ2v) is 9.06. The molecule has 10 nitrogen and oxygen atoms in total. The van der Waals surface area contributed by atoms with E-state index < -0.39 is 5.60 Å². The molecule has 1 saturated carbocycles. The van der Waals surface area contributed by atoms with Gasteiger partial charge in [0.25, 0.3) is 5.91 Å². The van der Waals surface area contributed by atoms with Crippen molar-refractivity contribution in [3.63, 3.8) is 0 Å². The number of aliphatic hydroxyl groups is 1. The summed E-state index contributed by atoms with van der Waals surface area (Å²) in [6, 6.07) is 9.19. The predicted molar refractivity (Wildman–Crippen MR) is 130 cm³/mol. The summed E-state index contributed by atoms with van der Waals surface area (Å²) in [5.74, 6) is 1.85. The van der Waals surface area contributed by atoms with Crippen LogP contribution in [0.3, 0.4) is 0 Å². The Morgan fingerprint density at radius 3 is 2.89 bits per heavy atom. The van der Waals surface area contributed by atoms with E-state index >= 15 is 0 Å². The number of amides is 1. The monoisotopic (exact) mass is 496 g/mol. The van der Waals surface area contributed by atoms with E-state index in [1.165, 1.54) is 7.11 Å². The Morgan fingerprint density at radius 1 is 1.29 bits per heavy atom. The number of hydrogen-bond donors (Lipinski definition) is 3. The molecule has 0 bridgehead atoms. The van der Waals surface area contributed by atoms with Crippen LogP contribution in [0.15, 0.2) is 36.5 Å². The third kappa shape index (κ3) is 4.94. The largest absolute Gasteiger partial charge is 0.493 e. The minimum absolute atomic E-state index is 0.181. The molecule has 0 aliphatic heterocycles. The van der Waals surface area contributed by atoms with E-state index in [4.69, 9.17) is 26.1 Å². The van der Waals surface area contributed by atoms with Crippen LogP contribution in [-0.2, 0) is 18.3 Å². The van der Waals surface area contributed by atoms with Crippen LogP contribution in [-0.4, -0.2) is 61.8 Å². The summed E-state index contributed by atoms with van der Waals surface area (Å²) in [6.45, 7) is 0.0552. The summed E-state index contributed by atoms with van der Waals surface area (Å²) in [5, 5.41) is 25.5. The Morgan fingerprint density at radius 2 is 2.11 bits per heavy atom. The molecular formula is C24H25ClN6O4. The minimum Gasteiger partial charge on any atom is -0.493 e. The Bertz CT molecular complexity index is 1390. The van der Waals surface area contributed by atoms with Gasteiger partial charge in [-0.25, -0.2) is 4.98 Å². The van der Waals surface area contributed by atoms with Crippen molar-refractivity contribution in [2.45, 2.75) is 24.9 Å². The summed E-state index contributed by atoms with van der Waals surface area (Å²) in [5.41, 5.74) is 1.80. The van der Waals surface area contributed by atoms with Crippen molar-refractivity contribution < 1.29 is 19.4 Å². The summed E-state index contributed by atoms with van der Waals surface area (Å²) >= 11 is 6.57. The molecule has 182 valence electrons. The topological polar surface area (TPSA) is 127 Å². The SMILES string of the molecule is COc1cc(-c2nc(Cc3ccc4[nH]ncc4c3Cl)n(C)n2)ccc1OCC(=O)NCC1(O)CC1. The number of fused-ring (bicyclic) bond motifs is 1. The van der Waals surface area contributed by atoms with Crippen LogP contribution in [0.4, 0.5) is 0 Å². The number of hydrogen-bond acceptors (Lipinski definition) is 7. The first-order valence-electron chi connectivity index (χ1n) is 11.2. The standard InChI is InChI=1S/C24H25ClN6O4/c1-31-20(10-14-3-5-17-16(22(14)25)11-27-29-17)28-23(30-31)15-4-6-18(19(9-15)34-2)35-12-21(32)26-13-24(33)7-8-24/h3-6,9,11,33H,7-8,10,12-13H2,1-2H3,(H,26,32)(H,27,29). The molecule has 0 radical (unpaired) electrons. The number of carbonyl (C=O) groups excluding carboxylic acids is 1. The van der Waals surface area contributed by atoms with Crippen molar-refractivity contribution >= 4 is 28.4 Å².